The third-order valence-electron chi connectivity index (χ3n) is 4.15. The molecule has 0 aliphatic rings. The smallest absolute Gasteiger partial charge is 0.227 e. The lowest BCUT2D eigenvalue weighted by molar-refractivity contribution is -0.134. The Morgan fingerprint density at radius 2 is 2.28 bits per heavy atom. The van der Waals surface area contributed by atoms with E-state index in [0.29, 0.717) is 19.5 Å². The van der Waals surface area contributed by atoms with E-state index in [0.717, 1.165) is 22.6 Å². The Bertz CT molecular complexity index is 842. The van der Waals surface area contributed by atoms with Gasteiger partial charge in [-0.05, 0) is 12.1 Å². The van der Waals surface area contributed by atoms with Crippen molar-refractivity contribution in [3.63, 3.8) is 0 Å². The van der Waals surface area contributed by atoms with E-state index in [-0.39, 0.29) is 11.8 Å². The standard InChI is InChI=1S/C17H22N6O2/c1-12(9-23-11-18-10-19-23)17(24)22(2)7-6-16-20-14-5-4-13(25-3)8-15(14)21-16/h4-5,8,10-12H,6-7,9H2,1-3H3,(H,20,21)/t12-/m1/s1. The van der Waals surface area contributed by atoms with Crippen LogP contribution in [0, 0.1) is 5.92 Å². The summed E-state index contributed by atoms with van der Waals surface area (Å²) >= 11 is 0. The number of aromatic nitrogens is 5. The number of carbonyl (C=O) groups excluding carboxylic acids is 1. The molecule has 0 bridgehead atoms. The van der Waals surface area contributed by atoms with E-state index >= 15 is 0 Å². The van der Waals surface area contributed by atoms with Crippen molar-refractivity contribution < 1.29 is 9.53 Å². The van der Waals surface area contributed by atoms with Gasteiger partial charge in [0.2, 0.25) is 5.91 Å². The fourth-order valence-electron chi connectivity index (χ4n) is 2.73. The van der Waals surface area contributed by atoms with E-state index in [4.69, 9.17) is 4.74 Å². The van der Waals surface area contributed by atoms with Crippen molar-refractivity contribution in [2.45, 2.75) is 19.9 Å². The zero-order valence-corrected chi connectivity index (χ0v) is 14.6. The molecule has 1 aromatic carbocycles. The molecule has 2 aromatic heterocycles. The average Bonchev–Trinajstić information content (AvgIpc) is 3.27. The topological polar surface area (TPSA) is 88.9 Å². The first-order valence-electron chi connectivity index (χ1n) is 8.17. The van der Waals surface area contributed by atoms with Crippen LogP contribution in [0.4, 0.5) is 0 Å². The largest absolute Gasteiger partial charge is 0.497 e. The van der Waals surface area contributed by atoms with E-state index in [2.05, 4.69) is 20.1 Å². The Morgan fingerprint density at radius 3 is 3.00 bits per heavy atom. The van der Waals surface area contributed by atoms with Gasteiger partial charge in [0.1, 0.15) is 24.2 Å². The number of fused-ring (bicyclic) bond motifs is 1. The van der Waals surface area contributed by atoms with Crippen LogP contribution in [-0.2, 0) is 17.8 Å². The maximum atomic E-state index is 12.5. The maximum Gasteiger partial charge on any atom is 0.227 e. The summed E-state index contributed by atoms with van der Waals surface area (Å²) in [7, 11) is 3.45. The number of imidazole rings is 1. The van der Waals surface area contributed by atoms with E-state index in [9.17, 15) is 4.79 Å². The SMILES string of the molecule is COc1ccc2nc(CCN(C)C(=O)[C@H](C)Cn3cncn3)[nH]c2c1. The van der Waals surface area contributed by atoms with Gasteiger partial charge < -0.3 is 14.6 Å². The first kappa shape index (κ1) is 16.9. The van der Waals surface area contributed by atoms with Crippen molar-refractivity contribution >= 4 is 16.9 Å². The van der Waals surface area contributed by atoms with Crippen molar-refractivity contribution in [3.05, 3.63) is 36.7 Å². The number of rotatable bonds is 7. The Kier molecular flexibility index (Phi) is 4.97. The lowest BCUT2D eigenvalue weighted by Crippen LogP contribution is -2.35. The molecule has 3 aromatic rings. The number of methoxy groups -OCH3 is 1. The molecule has 0 aliphatic carbocycles. The van der Waals surface area contributed by atoms with Crippen LogP contribution in [-0.4, -0.2) is 56.2 Å². The van der Waals surface area contributed by atoms with Crippen LogP contribution in [0.3, 0.4) is 0 Å². The van der Waals surface area contributed by atoms with Crippen LogP contribution in [0.2, 0.25) is 0 Å². The number of amides is 1. The number of aromatic amines is 1. The monoisotopic (exact) mass is 342 g/mol. The molecule has 1 amide bonds. The summed E-state index contributed by atoms with van der Waals surface area (Å²) < 4.78 is 6.89. The first-order chi connectivity index (χ1) is 12.1. The van der Waals surface area contributed by atoms with Crippen molar-refractivity contribution in [2.24, 2.45) is 5.92 Å². The molecule has 0 saturated heterocycles. The molecule has 0 aliphatic heterocycles. The number of carbonyl (C=O) groups is 1. The fraction of sp³-hybridized carbons (Fsp3) is 0.412. The molecule has 8 heteroatoms. The van der Waals surface area contributed by atoms with Crippen molar-refractivity contribution in [1.82, 2.24) is 29.6 Å². The molecular formula is C17H22N6O2. The van der Waals surface area contributed by atoms with Crippen LogP contribution in [0.1, 0.15) is 12.7 Å². The Labute approximate surface area is 145 Å². The summed E-state index contributed by atoms with van der Waals surface area (Å²) in [5, 5.41) is 4.04. The summed E-state index contributed by atoms with van der Waals surface area (Å²) in [4.78, 5) is 25.9. The lowest BCUT2D eigenvalue weighted by Gasteiger charge is -2.20. The van der Waals surface area contributed by atoms with Crippen LogP contribution in [0.5, 0.6) is 5.75 Å². The summed E-state index contributed by atoms with van der Waals surface area (Å²) in [6, 6.07) is 5.72. The summed E-state index contributed by atoms with van der Waals surface area (Å²) in [6.45, 7) is 3.01. The number of benzene rings is 1. The highest BCUT2D eigenvalue weighted by molar-refractivity contribution is 5.78. The molecule has 3 rings (SSSR count). The van der Waals surface area contributed by atoms with Crippen LogP contribution in [0.15, 0.2) is 30.9 Å². The summed E-state index contributed by atoms with van der Waals surface area (Å²) in [6.07, 6.45) is 3.75. The van der Waals surface area contributed by atoms with Gasteiger partial charge in [-0.1, -0.05) is 6.92 Å². The second-order valence-electron chi connectivity index (χ2n) is 6.09. The van der Waals surface area contributed by atoms with Crippen LogP contribution < -0.4 is 4.74 Å². The fourth-order valence-corrected chi connectivity index (χ4v) is 2.73. The number of hydrogen-bond acceptors (Lipinski definition) is 5. The normalized spacial score (nSPS) is 12.3. The molecule has 25 heavy (non-hydrogen) atoms. The van der Waals surface area contributed by atoms with Crippen molar-refractivity contribution in [1.29, 1.82) is 0 Å². The van der Waals surface area contributed by atoms with Gasteiger partial charge in [-0.2, -0.15) is 5.10 Å². The number of likely N-dealkylation sites (N-methyl/N-ethyl adjacent to an activating group) is 1. The number of nitrogens with one attached hydrogen (secondary N) is 1. The summed E-state index contributed by atoms with van der Waals surface area (Å²) in [5.41, 5.74) is 1.83. The van der Waals surface area contributed by atoms with E-state index in [1.807, 2.05) is 32.2 Å². The Hall–Kier alpha value is -2.90. The lowest BCUT2D eigenvalue weighted by atomic mass is 10.1. The van der Waals surface area contributed by atoms with Gasteiger partial charge in [-0.15, -0.1) is 0 Å². The van der Waals surface area contributed by atoms with Crippen LogP contribution in [0.25, 0.3) is 11.0 Å². The zero-order valence-electron chi connectivity index (χ0n) is 14.6. The molecule has 8 nitrogen and oxygen atoms in total. The molecule has 2 heterocycles. The zero-order chi connectivity index (χ0) is 17.8. The molecule has 0 radical (unpaired) electrons. The van der Waals surface area contributed by atoms with Gasteiger partial charge >= 0.3 is 0 Å². The van der Waals surface area contributed by atoms with Gasteiger partial charge in [0, 0.05) is 26.1 Å². The van der Waals surface area contributed by atoms with Gasteiger partial charge in [-0.25, -0.2) is 9.97 Å². The predicted molar refractivity (Wildman–Crippen MR) is 93.2 cm³/mol. The van der Waals surface area contributed by atoms with E-state index in [1.54, 1.807) is 23.0 Å². The number of ether oxygens (including phenoxy) is 1. The second-order valence-corrected chi connectivity index (χ2v) is 6.09. The van der Waals surface area contributed by atoms with E-state index in [1.165, 1.54) is 6.33 Å². The number of H-pyrrole nitrogens is 1. The van der Waals surface area contributed by atoms with Crippen molar-refractivity contribution in [2.75, 3.05) is 20.7 Å². The highest BCUT2D eigenvalue weighted by Crippen LogP contribution is 2.19. The Balaban J connectivity index is 1.57. The van der Waals surface area contributed by atoms with Crippen molar-refractivity contribution in [3.8, 4) is 5.75 Å². The minimum absolute atomic E-state index is 0.0771. The quantitative estimate of drug-likeness (QED) is 0.703. The minimum atomic E-state index is -0.161. The molecule has 0 fully saturated rings. The summed E-state index contributed by atoms with van der Waals surface area (Å²) in [5.74, 6) is 1.56. The van der Waals surface area contributed by atoms with Gasteiger partial charge in [0.05, 0.1) is 30.6 Å². The third kappa shape index (κ3) is 3.96. The minimum Gasteiger partial charge on any atom is -0.497 e. The third-order valence-corrected chi connectivity index (χ3v) is 4.15. The maximum absolute atomic E-state index is 12.5. The molecule has 1 atom stereocenters. The van der Waals surface area contributed by atoms with Gasteiger partial charge in [0.25, 0.3) is 0 Å². The number of hydrogen-bond donors (Lipinski definition) is 1. The van der Waals surface area contributed by atoms with E-state index < -0.39 is 0 Å². The molecule has 0 spiro atoms. The van der Waals surface area contributed by atoms with Gasteiger partial charge in [0.15, 0.2) is 0 Å². The number of nitrogens with zero attached hydrogens (tertiary/aromatic N) is 5. The molecule has 1 N–H and O–H groups in total. The average molecular weight is 342 g/mol. The highest BCUT2D eigenvalue weighted by Gasteiger charge is 2.18. The highest BCUT2D eigenvalue weighted by atomic mass is 16.5. The van der Waals surface area contributed by atoms with Crippen LogP contribution >= 0.6 is 0 Å². The second kappa shape index (κ2) is 7.33. The Morgan fingerprint density at radius 1 is 1.44 bits per heavy atom. The molecular weight excluding hydrogens is 320 g/mol. The molecule has 0 saturated carbocycles. The van der Waals surface area contributed by atoms with Gasteiger partial charge in [-0.3, -0.25) is 9.48 Å². The molecule has 0 unspecified atom stereocenters. The first-order valence-corrected chi connectivity index (χ1v) is 8.17. The predicted octanol–water partition coefficient (Wildman–Crippen LogP) is 1.50. The molecule has 132 valence electrons.